The molecule has 0 aliphatic rings. The van der Waals surface area contributed by atoms with Gasteiger partial charge in [0.1, 0.15) is 5.82 Å². The SMILES string of the molecule is Cc1ccc(C)c(CC(=O)c2cc(F)c(F)cc2F)c1. The van der Waals surface area contributed by atoms with E-state index in [0.29, 0.717) is 12.1 Å². The number of carbonyl (C=O) groups excluding carboxylic acids is 1. The van der Waals surface area contributed by atoms with Crippen LogP contribution in [0.5, 0.6) is 0 Å². The number of ketones is 1. The molecule has 0 saturated heterocycles. The van der Waals surface area contributed by atoms with Crippen LogP contribution in [0.2, 0.25) is 0 Å². The summed E-state index contributed by atoms with van der Waals surface area (Å²) in [5.74, 6) is -4.14. The molecule has 0 unspecified atom stereocenters. The summed E-state index contributed by atoms with van der Waals surface area (Å²) >= 11 is 0. The highest BCUT2D eigenvalue weighted by molar-refractivity contribution is 5.97. The molecule has 0 radical (unpaired) electrons. The van der Waals surface area contributed by atoms with Gasteiger partial charge in [-0.05, 0) is 31.0 Å². The summed E-state index contributed by atoms with van der Waals surface area (Å²) in [6, 6.07) is 6.59. The molecule has 1 nitrogen and oxygen atoms in total. The fourth-order valence-corrected chi connectivity index (χ4v) is 2.00. The molecule has 20 heavy (non-hydrogen) atoms. The Kier molecular flexibility index (Phi) is 3.93. The highest BCUT2D eigenvalue weighted by Gasteiger charge is 2.17. The average molecular weight is 278 g/mol. The highest BCUT2D eigenvalue weighted by atomic mass is 19.2. The monoisotopic (exact) mass is 278 g/mol. The molecule has 2 rings (SSSR count). The summed E-state index contributed by atoms with van der Waals surface area (Å²) in [5, 5.41) is 0. The number of rotatable bonds is 3. The molecule has 0 N–H and O–H groups in total. The van der Waals surface area contributed by atoms with E-state index in [2.05, 4.69) is 0 Å². The van der Waals surface area contributed by atoms with Crippen LogP contribution in [-0.4, -0.2) is 5.78 Å². The second-order valence-electron chi connectivity index (χ2n) is 4.78. The molecule has 0 amide bonds. The van der Waals surface area contributed by atoms with Gasteiger partial charge >= 0.3 is 0 Å². The van der Waals surface area contributed by atoms with Gasteiger partial charge in [-0.1, -0.05) is 23.8 Å². The largest absolute Gasteiger partial charge is 0.294 e. The molecule has 0 atom stereocenters. The van der Waals surface area contributed by atoms with Gasteiger partial charge in [0.05, 0.1) is 5.56 Å². The molecular weight excluding hydrogens is 265 g/mol. The van der Waals surface area contributed by atoms with Gasteiger partial charge in [-0.2, -0.15) is 0 Å². The average Bonchev–Trinajstić information content (AvgIpc) is 2.38. The Morgan fingerprint density at radius 3 is 2.30 bits per heavy atom. The molecule has 4 heteroatoms. The minimum absolute atomic E-state index is 0.0461. The van der Waals surface area contributed by atoms with E-state index >= 15 is 0 Å². The molecule has 0 aliphatic carbocycles. The first kappa shape index (κ1) is 14.3. The Morgan fingerprint density at radius 1 is 0.950 bits per heavy atom. The van der Waals surface area contributed by atoms with Crippen LogP contribution in [0.4, 0.5) is 13.2 Å². The summed E-state index contributed by atoms with van der Waals surface area (Å²) in [7, 11) is 0. The third-order valence-electron chi connectivity index (χ3n) is 3.17. The van der Waals surface area contributed by atoms with Crippen LogP contribution in [0, 0.1) is 31.3 Å². The number of hydrogen-bond donors (Lipinski definition) is 0. The van der Waals surface area contributed by atoms with E-state index in [0.717, 1.165) is 16.7 Å². The molecular formula is C16H13F3O. The van der Waals surface area contributed by atoms with Crippen molar-refractivity contribution in [3.05, 3.63) is 70.0 Å². The number of hydrogen-bond acceptors (Lipinski definition) is 1. The summed E-state index contributed by atoms with van der Waals surface area (Å²) in [6.45, 7) is 3.72. The van der Waals surface area contributed by atoms with E-state index in [1.54, 1.807) is 0 Å². The van der Waals surface area contributed by atoms with E-state index in [1.165, 1.54) is 0 Å². The smallest absolute Gasteiger partial charge is 0.170 e. The van der Waals surface area contributed by atoms with Crippen molar-refractivity contribution < 1.29 is 18.0 Å². The lowest BCUT2D eigenvalue weighted by Gasteiger charge is -2.08. The Hall–Kier alpha value is -2.10. The van der Waals surface area contributed by atoms with Crippen molar-refractivity contribution in [3.63, 3.8) is 0 Å². The molecule has 2 aromatic rings. The van der Waals surface area contributed by atoms with Gasteiger partial charge < -0.3 is 0 Å². The minimum atomic E-state index is -1.30. The number of carbonyl (C=O) groups is 1. The Bertz CT molecular complexity index is 678. The second kappa shape index (κ2) is 5.49. The Morgan fingerprint density at radius 2 is 1.60 bits per heavy atom. The maximum Gasteiger partial charge on any atom is 0.170 e. The second-order valence-corrected chi connectivity index (χ2v) is 4.78. The lowest BCUT2D eigenvalue weighted by atomic mass is 9.97. The van der Waals surface area contributed by atoms with Crippen LogP contribution in [0.25, 0.3) is 0 Å². The lowest BCUT2D eigenvalue weighted by Crippen LogP contribution is -2.09. The zero-order valence-electron chi connectivity index (χ0n) is 11.1. The Balaban J connectivity index is 2.33. The van der Waals surface area contributed by atoms with E-state index in [1.807, 2.05) is 32.0 Å². The van der Waals surface area contributed by atoms with Crippen molar-refractivity contribution >= 4 is 5.78 Å². The third kappa shape index (κ3) is 2.90. The van der Waals surface area contributed by atoms with Gasteiger partial charge in [0.25, 0.3) is 0 Å². The van der Waals surface area contributed by atoms with Crippen LogP contribution in [0.15, 0.2) is 30.3 Å². The van der Waals surface area contributed by atoms with Crippen molar-refractivity contribution in [2.45, 2.75) is 20.3 Å². The molecule has 104 valence electrons. The predicted octanol–water partition coefficient (Wildman–Crippen LogP) is 4.15. The van der Waals surface area contributed by atoms with E-state index in [4.69, 9.17) is 0 Å². The molecule has 0 aromatic heterocycles. The van der Waals surface area contributed by atoms with E-state index < -0.39 is 28.8 Å². The summed E-state index contributed by atoms with van der Waals surface area (Å²) in [5.41, 5.74) is 2.19. The van der Waals surface area contributed by atoms with Gasteiger partial charge in [-0.15, -0.1) is 0 Å². The zero-order chi connectivity index (χ0) is 14.9. The van der Waals surface area contributed by atoms with Gasteiger partial charge in [-0.25, -0.2) is 13.2 Å². The van der Waals surface area contributed by atoms with Crippen LogP contribution in [0.3, 0.4) is 0 Å². The normalized spacial score (nSPS) is 10.7. The van der Waals surface area contributed by atoms with E-state index in [-0.39, 0.29) is 6.42 Å². The maximum atomic E-state index is 13.5. The first-order chi connectivity index (χ1) is 9.38. The highest BCUT2D eigenvalue weighted by Crippen LogP contribution is 2.18. The van der Waals surface area contributed by atoms with Gasteiger partial charge in [-0.3, -0.25) is 4.79 Å². The lowest BCUT2D eigenvalue weighted by molar-refractivity contribution is 0.0988. The van der Waals surface area contributed by atoms with Crippen molar-refractivity contribution in [2.75, 3.05) is 0 Å². The molecule has 0 saturated carbocycles. The van der Waals surface area contributed by atoms with Gasteiger partial charge in [0, 0.05) is 12.5 Å². The van der Waals surface area contributed by atoms with Gasteiger partial charge in [0.2, 0.25) is 0 Å². The molecule has 0 spiro atoms. The number of benzene rings is 2. The fraction of sp³-hybridized carbons (Fsp3) is 0.188. The predicted molar refractivity (Wildman–Crippen MR) is 70.3 cm³/mol. The summed E-state index contributed by atoms with van der Waals surface area (Å²) in [6.07, 6.45) is -0.0461. The number of Topliss-reactive ketones (excluding diaryl/α,β-unsaturated/α-hetero) is 1. The van der Waals surface area contributed by atoms with Crippen LogP contribution >= 0.6 is 0 Å². The van der Waals surface area contributed by atoms with Crippen LogP contribution in [-0.2, 0) is 6.42 Å². The Labute approximate surface area is 115 Å². The first-order valence-corrected chi connectivity index (χ1v) is 6.12. The molecule has 0 bridgehead atoms. The zero-order valence-corrected chi connectivity index (χ0v) is 11.1. The van der Waals surface area contributed by atoms with Crippen molar-refractivity contribution in [1.82, 2.24) is 0 Å². The van der Waals surface area contributed by atoms with Crippen molar-refractivity contribution in [1.29, 1.82) is 0 Å². The number of halogens is 3. The van der Waals surface area contributed by atoms with Crippen LogP contribution in [0.1, 0.15) is 27.0 Å². The molecule has 0 heterocycles. The molecule has 0 fully saturated rings. The minimum Gasteiger partial charge on any atom is -0.294 e. The maximum absolute atomic E-state index is 13.5. The summed E-state index contributed by atoms with van der Waals surface area (Å²) < 4.78 is 39.5. The standard InChI is InChI=1S/C16H13F3O/c1-9-3-4-10(2)11(5-9)6-16(20)12-7-14(18)15(19)8-13(12)17/h3-5,7-8H,6H2,1-2H3. The quantitative estimate of drug-likeness (QED) is 0.609. The van der Waals surface area contributed by atoms with Gasteiger partial charge in [0.15, 0.2) is 17.4 Å². The summed E-state index contributed by atoms with van der Waals surface area (Å²) in [4.78, 5) is 12.0. The molecule has 2 aromatic carbocycles. The van der Waals surface area contributed by atoms with E-state index in [9.17, 15) is 18.0 Å². The fourth-order valence-electron chi connectivity index (χ4n) is 2.00. The van der Waals surface area contributed by atoms with Crippen LogP contribution < -0.4 is 0 Å². The topological polar surface area (TPSA) is 17.1 Å². The van der Waals surface area contributed by atoms with Crippen molar-refractivity contribution in [3.8, 4) is 0 Å². The van der Waals surface area contributed by atoms with Crippen molar-refractivity contribution in [2.24, 2.45) is 0 Å². The first-order valence-electron chi connectivity index (χ1n) is 6.12. The third-order valence-corrected chi connectivity index (χ3v) is 3.17. The molecule has 0 aliphatic heterocycles. The number of aryl methyl sites for hydroxylation is 2.